The molecule has 1 amide bonds. The normalized spacial score (nSPS) is 9.93. The molecule has 0 radical (unpaired) electrons. The van der Waals surface area contributed by atoms with Crippen LogP contribution < -0.4 is 16.5 Å². The molecule has 14 heavy (non-hydrogen) atoms. The standard InChI is InChI=1S/C7H12N6O/c1-10-7(14)5-6(9)13(2)12-4(3-8)11-5/h9H,3,8H2,1-2H3,(H,10,14). The number of nitrogens with zero attached hydrogens (tertiary/aromatic N) is 3. The van der Waals surface area contributed by atoms with Crippen LogP contribution in [0.25, 0.3) is 0 Å². The summed E-state index contributed by atoms with van der Waals surface area (Å²) in [6.45, 7) is 0.137. The first-order valence-corrected chi connectivity index (χ1v) is 4.01. The molecule has 0 aromatic carbocycles. The Morgan fingerprint density at radius 2 is 2.36 bits per heavy atom. The number of nitrogens with one attached hydrogen (secondary N) is 2. The van der Waals surface area contributed by atoms with Gasteiger partial charge in [0.25, 0.3) is 5.91 Å². The molecule has 76 valence electrons. The quantitative estimate of drug-likeness (QED) is 0.513. The maximum Gasteiger partial charge on any atom is 0.273 e. The third kappa shape index (κ3) is 1.77. The summed E-state index contributed by atoms with van der Waals surface area (Å²) in [5.41, 5.74) is 5.34. The first-order valence-electron chi connectivity index (χ1n) is 4.01. The van der Waals surface area contributed by atoms with Gasteiger partial charge in [0, 0.05) is 14.1 Å². The maximum absolute atomic E-state index is 11.3. The van der Waals surface area contributed by atoms with Crippen LogP contribution in [-0.2, 0) is 13.6 Å². The summed E-state index contributed by atoms with van der Waals surface area (Å²) in [4.78, 5) is 15.1. The van der Waals surface area contributed by atoms with Crippen molar-refractivity contribution >= 4 is 5.91 Å². The molecule has 7 nitrogen and oxygen atoms in total. The van der Waals surface area contributed by atoms with E-state index in [-0.39, 0.29) is 17.7 Å². The van der Waals surface area contributed by atoms with Gasteiger partial charge >= 0.3 is 0 Å². The number of amides is 1. The summed E-state index contributed by atoms with van der Waals surface area (Å²) >= 11 is 0. The zero-order valence-corrected chi connectivity index (χ0v) is 8.03. The van der Waals surface area contributed by atoms with E-state index < -0.39 is 5.91 Å². The van der Waals surface area contributed by atoms with Crippen molar-refractivity contribution < 1.29 is 4.79 Å². The van der Waals surface area contributed by atoms with Gasteiger partial charge in [0.15, 0.2) is 17.0 Å². The van der Waals surface area contributed by atoms with Gasteiger partial charge in [0.05, 0.1) is 6.54 Å². The van der Waals surface area contributed by atoms with E-state index in [4.69, 9.17) is 11.1 Å². The van der Waals surface area contributed by atoms with Gasteiger partial charge in [-0.2, -0.15) is 5.10 Å². The van der Waals surface area contributed by atoms with Crippen molar-refractivity contribution in [2.75, 3.05) is 7.05 Å². The molecule has 0 aliphatic carbocycles. The molecule has 0 saturated carbocycles. The highest BCUT2D eigenvalue weighted by Gasteiger charge is 2.11. The Morgan fingerprint density at radius 3 is 2.86 bits per heavy atom. The van der Waals surface area contributed by atoms with Crippen LogP contribution in [0.3, 0.4) is 0 Å². The number of hydrogen-bond donors (Lipinski definition) is 3. The Bertz CT molecular complexity index is 409. The van der Waals surface area contributed by atoms with Gasteiger partial charge in [-0.05, 0) is 0 Å². The van der Waals surface area contributed by atoms with E-state index in [9.17, 15) is 4.79 Å². The van der Waals surface area contributed by atoms with Crippen LogP contribution >= 0.6 is 0 Å². The summed E-state index contributed by atoms with van der Waals surface area (Å²) in [5.74, 6) is -0.0789. The number of aromatic nitrogens is 3. The first-order chi connectivity index (χ1) is 6.60. The van der Waals surface area contributed by atoms with Gasteiger partial charge in [-0.15, -0.1) is 0 Å². The fraction of sp³-hybridized carbons (Fsp3) is 0.429. The molecule has 0 spiro atoms. The van der Waals surface area contributed by atoms with Crippen LogP contribution in [0, 0.1) is 5.41 Å². The van der Waals surface area contributed by atoms with Crippen LogP contribution in [0.15, 0.2) is 0 Å². The fourth-order valence-electron chi connectivity index (χ4n) is 0.944. The minimum absolute atomic E-state index is 0.0328. The summed E-state index contributed by atoms with van der Waals surface area (Å²) in [5, 5.41) is 13.8. The SMILES string of the molecule is CNC(=O)c1nc(CN)nn(C)c1=N. The molecule has 4 N–H and O–H groups in total. The highest BCUT2D eigenvalue weighted by molar-refractivity contribution is 5.91. The molecule has 1 heterocycles. The number of carbonyl (C=O) groups excluding carboxylic acids is 1. The maximum atomic E-state index is 11.3. The van der Waals surface area contributed by atoms with Crippen LogP contribution in [0.1, 0.15) is 16.3 Å². The van der Waals surface area contributed by atoms with E-state index in [2.05, 4.69) is 15.4 Å². The number of nitrogens with two attached hydrogens (primary N) is 1. The minimum atomic E-state index is -0.414. The molecule has 0 fully saturated rings. The van der Waals surface area contributed by atoms with E-state index in [0.717, 1.165) is 0 Å². The van der Waals surface area contributed by atoms with E-state index >= 15 is 0 Å². The molecule has 0 unspecified atom stereocenters. The van der Waals surface area contributed by atoms with E-state index in [1.54, 1.807) is 7.05 Å². The van der Waals surface area contributed by atoms with Crippen LogP contribution in [0.2, 0.25) is 0 Å². The molecule has 1 rings (SSSR count). The molecule has 0 saturated heterocycles. The van der Waals surface area contributed by atoms with E-state index in [1.165, 1.54) is 11.7 Å². The van der Waals surface area contributed by atoms with Gasteiger partial charge in [-0.3, -0.25) is 10.2 Å². The van der Waals surface area contributed by atoms with Crippen molar-refractivity contribution in [3.05, 3.63) is 17.0 Å². The molecule has 7 heteroatoms. The highest BCUT2D eigenvalue weighted by Crippen LogP contribution is 1.87. The molecule has 0 aliphatic heterocycles. The Hall–Kier alpha value is -1.76. The summed E-state index contributed by atoms with van der Waals surface area (Å²) in [7, 11) is 3.04. The average Bonchev–Trinajstić information content (AvgIpc) is 2.20. The molecule has 0 atom stereocenters. The Labute approximate surface area is 80.5 Å². The predicted octanol–water partition coefficient (Wildman–Crippen LogP) is -1.89. The Morgan fingerprint density at radius 1 is 1.71 bits per heavy atom. The lowest BCUT2D eigenvalue weighted by molar-refractivity contribution is 0.0954. The largest absolute Gasteiger partial charge is 0.354 e. The highest BCUT2D eigenvalue weighted by atomic mass is 16.1. The van der Waals surface area contributed by atoms with E-state index in [0.29, 0.717) is 5.82 Å². The topological polar surface area (TPSA) is 110 Å². The van der Waals surface area contributed by atoms with Gasteiger partial charge in [-0.1, -0.05) is 0 Å². The minimum Gasteiger partial charge on any atom is -0.354 e. The molecule has 0 bridgehead atoms. The monoisotopic (exact) mass is 196 g/mol. The van der Waals surface area contributed by atoms with Crippen LogP contribution in [0.4, 0.5) is 0 Å². The van der Waals surface area contributed by atoms with Crippen molar-refractivity contribution in [1.82, 2.24) is 20.1 Å². The van der Waals surface area contributed by atoms with Gasteiger partial charge in [0.1, 0.15) is 0 Å². The lowest BCUT2D eigenvalue weighted by Crippen LogP contribution is -2.34. The van der Waals surface area contributed by atoms with Gasteiger partial charge in [-0.25, -0.2) is 9.67 Å². The van der Waals surface area contributed by atoms with Crippen molar-refractivity contribution in [3.63, 3.8) is 0 Å². The van der Waals surface area contributed by atoms with Gasteiger partial charge < -0.3 is 11.1 Å². The van der Waals surface area contributed by atoms with Crippen LogP contribution in [0.5, 0.6) is 0 Å². The number of hydrogen-bond acceptors (Lipinski definition) is 5. The Kier molecular flexibility index (Phi) is 2.92. The third-order valence-electron chi connectivity index (χ3n) is 1.68. The first kappa shape index (κ1) is 10.3. The fourth-order valence-corrected chi connectivity index (χ4v) is 0.944. The van der Waals surface area contributed by atoms with Crippen LogP contribution in [-0.4, -0.2) is 27.7 Å². The lowest BCUT2D eigenvalue weighted by Gasteiger charge is -2.05. The van der Waals surface area contributed by atoms with Crippen molar-refractivity contribution in [2.24, 2.45) is 12.8 Å². The predicted molar refractivity (Wildman–Crippen MR) is 48.1 cm³/mol. The zero-order valence-electron chi connectivity index (χ0n) is 8.03. The molecular formula is C7H12N6O. The summed E-state index contributed by atoms with van der Waals surface area (Å²) < 4.78 is 1.26. The van der Waals surface area contributed by atoms with Crippen molar-refractivity contribution in [1.29, 1.82) is 5.41 Å². The van der Waals surface area contributed by atoms with Crippen molar-refractivity contribution in [3.8, 4) is 0 Å². The zero-order chi connectivity index (χ0) is 10.7. The molecule has 1 aromatic heterocycles. The number of rotatable bonds is 2. The average molecular weight is 196 g/mol. The Balaban J connectivity index is 3.34. The second-order valence-electron chi connectivity index (χ2n) is 2.63. The number of carbonyl (C=O) groups is 1. The number of aryl methyl sites for hydroxylation is 1. The summed E-state index contributed by atoms with van der Waals surface area (Å²) in [6, 6.07) is 0. The molecular weight excluding hydrogens is 184 g/mol. The second kappa shape index (κ2) is 3.97. The third-order valence-corrected chi connectivity index (χ3v) is 1.68. The smallest absolute Gasteiger partial charge is 0.273 e. The lowest BCUT2D eigenvalue weighted by atomic mass is 10.4. The molecule has 1 aromatic rings. The summed E-state index contributed by atoms with van der Waals surface area (Å²) in [6.07, 6.45) is 0. The van der Waals surface area contributed by atoms with Gasteiger partial charge in [0.2, 0.25) is 0 Å². The molecule has 0 aliphatic rings. The van der Waals surface area contributed by atoms with E-state index in [1.807, 2.05) is 0 Å². The second-order valence-corrected chi connectivity index (χ2v) is 2.63. The van der Waals surface area contributed by atoms with Crippen molar-refractivity contribution in [2.45, 2.75) is 6.54 Å².